The molecule has 4 rings (SSSR count). The molecule has 0 unspecified atom stereocenters. The van der Waals surface area contributed by atoms with Crippen molar-refractivity contribution in [3.8, 4) is 5.75 Å². The van der Waals surface area contributed by atoms with E-state index in [4.69, 9.17) is 32.7 Å². The topological polar surface area (TPSA) is 68.2 Å². The van der Waals surface area contributed by atoms with Gasteiger partial charge >= 0.3 is 5.97 Å². The lowest BCUT2D eigenvalue weighted by molar-refractivity contribution is -0.114. The van der Waals surface area contributed by atoms with E-state index in [-0.39, 0.29) is 50.9 Å². The van der Waals surface area contributed by atoms with Crippen LogP contribution in [0.4, 0.5) is 27.6 Å². The molecule has 1 aliphatic rings. The third-order valence-electron chi connectivity index (χ3n) is 5.65. The lowest BCUT2D eigenvalue weighted by Crippen LogP contribution is -2.25. The normalized spacial score (nSPS) is 14.1. The van der Waals surface area contributed by atoms with Gasteiger partial charge in [-0.15, -0.1) is 0 Å². The number of carbonyl (C=O) groups excluding carboxylic acids is 2. The fourth-order valence-corrected chi connectivity index (χ4v) is 4.28. The highest BCUT2D eigenvalue weighted by Crippen LogP contribution is 2.37. The molecule has 0 fully saturated rings. The van der Waals surface area contributed by atoms with Gasteiger partial charge in [0.2, 0.25) is 5.82 Å². The van der Waals surface area contributed by atoms with Crippen molar-refractivity contribution in [3.63, 3.8) is 0 Å². The summed E-state index contributed by atoms with van der Waals surface area (Å²) in [6, 6.07) is 9.13. The molecule has 0 saturated carbocycles. The molecule has 0 atom stereocenters. The minimum absolute atomic E-state index is 0.0294. The van der Waals surface area contributed by atoms with E-state index in [9.17, 15) is 31.5 Å². The Morgan fingerprint density at radius 3 is 2.17 bits per heavy atom. The van der Waals surface area contributed by atoms with Crippen LogP contribution < -0.4 is 9.75 Å². The Kier molecular flexibility index (Phi) is 8.45. The zero-order valence-corrected chi connectivity index (χ0v) is 22.1. The SMILES string of the molecule is CCOC(=O)c1ccc(COc2c(Cl)cc(Cl)cc2/C=C2\C(=O)N(c3c(F)c(F)c(F)c(F)c3F)N=C2C)cc1. The predicted octanol–water partition coefficient (Wildman–Crippen LogP) is 7.25. The van der Waals surface area contributed by atoms with E-state index in [0.717, 1.165) is 0 Å². The lowest BCUT2D eigenvalue weighted by Gasteiger charge is -2.15. The van der Waals surface area contributed by atoms with Crippen LogP contribution in [0.2, 0.25) is 10.0 Å². The number of rotatable bonds is 7. The summed E-state index contributed by atoms with van der Waals surface area (Å²) >= 11 is 12.5. The second kappa shape index (κ2) is 11.6. The fraction of sp³-hybridized carbons (Fsp3) is 0.148. The quantitative estimate of drug-likeness (QED) is 0.0944. The molecule has 0 saturated heterocycles. The largest absolute Gasteiger partial charge is 0.487 e. The summed E-state index contributed by atoms with van der Waals surface area (Å²) in [6.07, 6.45) is 1.21. The van der Waals surface area contributed by atoms with Crippen LogP contribution >= 0.6 is 23.2 Å². The molecule has 13 heteroatoms. The van der Waals surface area contributed by atoms with E-state index in [0.29, 0.717) is 11.1 Å². The number of hydrogen-bond acceptors (Lipinski definition) is 5. The van der Waals surface area contributed by atoms with Gasteiger partial charge in [0.15, 0.2) is 23.3 Å². The van der Waals surface area contributed by atoms with Crippen LogP contribution in [-0.2, 0) is 16.1 Å². The summed E-state index contributed by atoms with van der Waals surface area (Å²) in [5.74, 6) is -12.8. The average Bonchev–Trinajstić information content (AvgIpc) is 3.19. The standard InChI is InChI=1S/C27H17Cl2F5N2O4/c1-3-39-27(38)14-6-4-13(5-7-14)11-40-25-15(8-16(28)10-18(25)29)9-17-12(2)35-36(26(17)37)24-22(33)20(31)19(30)21(32)23(24)34/h4-10H,3,11H2,1-2H3/b17-9-. The first-order valence-corrected chi connectivity index (χ1v) is 12.2. The van der Waals surface area contributed by atoms with Crippen LogP contribution in [0.5, 0.6) is 5.75 Å². The van der Waals surface area contributed by atoms with Crippen LogP contribution in [0.1, 0.15) is 35.3 Å². The Labute approximate surface area is 234 Å². The molecule has 0 N–H and O–H groups in total. The van der Waals surface area contributed by atoms with Crippen molar-refractivity contribution >= 4 is 52.6 Å². The van der Waals surface area contributed by atoms with Gasteiger partial charge in [-0.2, -0.15) is 10.1 Å². The predicted molar refractivity (Wildman–Crippen MR) is 138 cm³/mol. The molecule has 0 spiro atoms. The highest BCUT2D eigenvalue weighted by atomic mass is 35.5. The van der Waals surface area contributed by atoms with Crippen molar-refractivity contribution in [1.29, 1.82) is 0 Å². The number of ether oxygens (including phenoxy) is 2. The maximum atomic E-state index is 14.4. The van der Waals surface area contributed by atoms with E-state index < -0.39 is 46.6 Å². The van der Waals surface area contributed by atoms with Gasteiger partial charge < -0.3 is 9.47 Å². The van der Waals surface area contributed by atoms with E-state index in [1.807, 2.05) is 0 Å². The van der Waals surface area contributed by atoms with Gasteiger partial charge in [-0.1, -0.05) is 35.3 Å². The van der Waals surface area contributed by atoms with Crippen molar-refractivity contribution in [3.05, 3.63) is 97.8 Å². The van der Waals surface area contributed by atoms with Crippen LogP contribution in [0.15, 0.2) is 47.1 Å². The highest BCUT2D eigenvalue weighted by molar-refractivity contribution is 6.36. The Morgan fingerprint density at radius 2 is 1.57 bits per heavy atom. The molecule has 1 heterocycles. The first kappa shape index (κ1) is 29.0. The molecule has 6 nitrogen and oxygen atoms in total. The van der Waals surface area contributed by atoms with Crippen molar-refractivity contribution < 1.29 is 41.0 Å². The first-order chi connectivity index (χ1) is 18.9. The van der Waals surface area contributed by atoms with Crippen molar-refractivity contribution in [2.24, 2.45) is 5.10 Å². The van der Waals surface area contributed by atoms with Gasteiger partial charge in [-0.25, -0.2) is 26.7 Å². The van der Waals surface area contributed by atoms with Gasteiger partial charge in [0, 0.05) is 10.6 Å². The second-order valence-corrected chi connectivity index (χ2v) is 9.13. The van der Waals surface area contributed by atoms with E-state index in [1.54, 1.807) is 31.2 Å². The third kappa shape index (κ3) is 5.52. The summed E-state index contributed by atoms with van der Waals surface area (Å²) in [5, 5.41) is 4.01. The molecular formula is C27H17Cl2F5N2O4. The van der Waals surface area contributed by atoms with E-state index in [1.165, 1.54) is 25.1 Å². The molecule has 0 bridgehead atoms. The number of amides is 1. The van der Waals surface area contributed by atoms with Crippen LogP contribution in [-0.4, -0.2) is 24.2 Å². The summed E-state index contributed by atoms with van der Waals surface area (Å²) in [7, 11) is 0. The Bertz CT molecular complexity index is 1560. The lowest BCUT2D eigenvalue weighted by atomic mass is 10.1. The number of hydrazone groups is 1. The highest BCUT2D eigenvalue weighted by Gasteiger charge is 2.37. The van der Waals surface area contributed by atoms with E-state index in [2.05, 4.69) is 5.10 Å². The van der Waals surface area contributed by atoms with Crippen molar-refractivity contribution in [1.82, 2.24) is 0 Å². The molecular weight excluding hydrogens is 582 g/mol. The zero-order chi connectivity index (χ0) is 29.3. The van der Waals surface area contributed by atoms with Crippen molar-refractivity contribution in [2.45, 2.75) is 20.5 Å². The summed E-state index contributed by atoms with van der Waals surface area (Å²) < 4.78 is 80.5. The molecule has 0 aliphatic carbocycles. The number of hydrogen-bond donors (Lipinski definition) is 0. The number of benzene rings is 3. The number of esters is 1. The monoisotopic (exact) mass is 598 g/mol. The molecule has 1 amide bonds. The maximum absolute atomic E-state index is 14.4. The molecule has 3 aromatic rings. The molecule has 3 aromatic carbocycles. The second-order valence-electron chi connectivity index (χ2n) is 8.29. The fourth-order valence-electron chi connectivity index (χ4n) is 3.72. The van der Waals surface area contributed by atoms with Crippen LogP contribution in [0.25, 0.3) is 6.08 Å². The molecule has 40 heavy (non-hydrogen) atoms. The zero-order valence-electron chi connectivity index (χ0n) is 20.6. The summed E-state index contributed by atoms with van der Waals surface area (Å²) in [5.41, 5.74) is -0.705. The smallest absolute Gasteiger partial charge is 0.338 e. The van der Waals surface area contributed by atoms with Gasteiger partial charge in [0.25, 0.3) is 5.91 Å². The first-order valence-electron chi connectivity index (χ1n) is 11.5. The van der Waals surface area contributed by atoms with Gasteiger partial charge in [0.05, 0.1) is 28.5 Å². The maximum Gasteiger partial charge on any atom is 0.338 e. The van der Waals surface area contributed by atoms with Gasteiger partial charge in [0.1, 0.15) is 18.0 Å². The molecule has 1 aliphatic heterocycles. The van der Waals surface area contributed by atoms with Gasteiger partial charge in [-0.05, 0) is 49.8 Å². The summed E-state index contributed by atoms with van der Waals surface area (Å²) in [6.45, 7) is 3.18. The molecule has 0 aromatic heterocycles. The molecule has 0 radical (unpaired) electrons. The number of anilines is 1. The Morgan fingerprint density at radius 1 is 0.975 bits per heavy atom. The minimum Gasteiger partial charge on any atom is -0.487 e. The Hall–Kier alpha value is -3.96. The Balaban J connectivity index is 1.65. The van der Waals surface area contributed by atoms with Crippen LogP contribution in [0.3, 0.4) is 0 Å². The number of nitrogens with zero attached hydrogens (tertiary/aromatic N) is 2. The van der Waals surface area contributed by atoms with Crippen molar-refractivity contribution in [2.75, 3.05) is 11.6 Å². The molecule has 208 valence electrons. The minimum atomic E-state index is -2.37. The number of halogens is 7. The van der Waals surface area contributed by atoms with Crippen LogP contribution in [0, 0.1) is 29.1 Å². The van der Waals surface area contributed by atoms with Gasteiger partial charge in [-0.3, -0.25) is 4.79 Å². The van der Waals surface area contributed by atoms with E-state index >= 15 is 0 Å². The number of carbonyl (C=O) groups is 2. The third-order valence-corrected chi connectivity index (χ3v) is 6.15. The average molecular weight is 599 g/mol. The summed E-state index contributed by atoms with van der Waals surface area (Å²) in [4.78, 5) is 24.9.